The number of rotatable bonds is 10. The largest absolute Gasteiger partial charge is 0.338 e. The van der Waals surface area contributed by atoms with E-state index < -0.39 is 0 Å². The maximum atomic E-state index is 13.4. The highest BCUT2D eigenvalue weighted by molar-refractivity contribution is 6.30. The van der Waals surface area contributed by atoms with Crippen molar-refractivity contribution < 1.29 is 9.59 Å². The van der Waals surface area contributed by atoms with Crippen LogP contribution in [0.25, 0.3) is 11.0 Å². The van der Waals surface area contributed by atoms with Crippen LogP contribution in [0.2, 0.25) is 5.02 Å². The Morgan fingerprint density at radius 2 is 1.65 bits per heavy atom. The first-order chi connectivity index (χ1) is 16.2. The Morgan fingerprint density at radius 3 is 2.24 bits per heavy atom. The number of nitrogens with zero attached hydrogens (tertiary/aromatic N) is 3. The zero-order valence-electron chi connectivity index (χ0n) is 20.3. The molecule has 0 saturated carbocycles. The SMILES string of the molecule is CC(C)CN(CC(C)C)C(=O)c1ccc2nc(NC(=O)c3ccc(Cl)cc3)n(CCCN)c2c1. The number of hydrogen-bond donors (Lipinski definition) is 2. The van der Waals surface area contributed by atoms with Gasteiger partial charge in [0.25, 0.3) is 11.8 Å². The average Bonchev–Trinajstić information content (AvgIpc) is 3.12. The molecule has 1 heterocycles. The molecule has 3 aromatic rings. The van der Waals surface area contributed by atoms with Crippen LogP contribution in [0, 0.1) is 11.8 Å². The third-order valence-electron chi connectivity index (χ3n) is 5.37. The summed E-state index contributed by atoms with van der Waals surface area (Å²) in [5, 5.41) is 3.46. The van der Waals surface area contributed by atoms with Crippen LogP contribution < -0.4 is 11.1 Å². The topological polar surface area (TPSA) is 93.2 Å². The molecule has 34 heavy (non-hydrogen) atoms. The molecule has 182 valence electrons. The van der Waals surface area contributed by atoms with Crippen LogP contribution in [-0.4, -0.2) is 45.9 Å². The number of fused-ring (bicyclic) bond motifs is 1. The van der Waals surface area contributed by atoms with Gasteiger partial charge >= 0.3 is 0 Å². The highest BCUT2D eigenvalue weighted by Gasteiger charge is 2.21. The van der Waals surface area contributed by atoms with E-state index in [1.807, 2.05) is 27.7 Å². The molecule has 8 heteroatoms. The molecule has 2 aromatic carbocycles. The van der Waals surface area contributed by atoms with Crippen molar-refractivity contribution in [2.75, 3.05) is 25.0 Å². The van der Waals surface area contributed by atoms with E-state index in [-0.39, 0.29) is 11.8 Å². The van der Waals surface area contributed by atoms with Gasteiger partial charge in [0.1, 0.15) is 0 Å². The average molecular weight is 484 g/mol. The minimum Gasteiger partial charge on any atom is -0.338 e. The van der Waals surface area contributed by atoms with Gasteiger partial charge in [-0.15, -0.1) is 0 Å². The van der Waals surface area contributed by atoms with Crippen LogP contribution in [0.5, 0.6) is 0 Å². The van der Waals surface area contributed by atoms with Gasteiger partial charge in [-0.1, -0.05) is 39.3 Å². The number of carbonyl (C=O) groups is 2. The monoisotopic (exact) mass is 483 g/mol. The van der Waals surface area contributed by atoms with E-state index in [1.165, 1.54) is 0 Å². The molecule has 0 aliphatic rings. The summed E-state index contributed by atoms with van der Waals surface area (Å²) in [5.74, 6) is 0.890. The summed E-state index contributed by atoms with van der Waals surface area (Å²) in [6.45, 7) is 10.9. The van der Waals surface area contributed by atoms with Gasteiger partial charge in [0.15, 0.2) is 0 Å². The Kier molecular flexibility index (Phi) is 8.69. The van der Waals surface area contributed by atoms with E-state index >= 15 is 0 Å². The lowest BCUT2D eigenvalue weighted by molar-refractivity contribution is 0.0715. The number of halogens is 1. The standard InChI is InChI=1S/C26H34ClN5O2/c1-17(2)15-31(16-18(3)4)25(34)20-8-11-22-23(14-20)32(13-5-12-28)26(29-22)30-24(33)19-6-9-21(27)10-7-19/h6-11,14,17-18H,5,12-13,15-16,28H2,1-4H3,(H,29,30,33). The van der Waals surface area contributed by atoms with E-state index in [9.17, 15) is 9.59 Å². The van der Waals surface area contributed by atoms with Crippen molar-refractivity contribution in [3.63, 3.8) is 0 Å². The summed E-state index contributed by atoms with van der Waals surface area (Å²) in [6.07, 6.45) is 0.709. The first kappa shape index (κ1) is 25.7. The van der Waals surface area contributed by atoms with Gasteiger partial charge in [0.2, 0.25) is 5.95 Å². The molecule has 0 atom stereocenters. The summed E-state index contributed by atoms with van der Waals surface area (Å²) in [7, 11) is 0. The predicted molar refractivity (Wildman–Crippen MR) is 138 cm³/mol. The van der Waals surface area contributed by atoms with Gasteiger partial charge in [-0.3, -0.25) is 14.9 Å². The molecular weight excluding hydrogens is 450 g/mol. The van der Waals surface area contributed by atoms with Crippen LogP contribution in [-0.2, 0) is 6.54 Å². The third-order valence-corrected chi connectivity index (χ3v) is 5.62. The summed E-state index contributed by atoms with van der Waals surface area (Å²) in [5.41, 5.74) is 8.35. The van der Waals surface area contributed by atoms with Crippen molar-refractivity contribution in [2.24, 2.45) is 17.6 Å². The number of anilines is 1. The van der Waals surface area contributed by atoms with Crippen LogP contribution in [0.15, 0.2) is 42.5 Å². The number of nitrogens with one attached hydrogen (secondary N) is 1. The summed E-state index contributed by atoms with van der Waals surface area (Å²) >= 11 is 5.94. The molecule has 1 aromatic heterocycles. The number of imidazole rings is 1. The number of nitrogens with two attached hydrogens (primary N) is 1. The molecule has 0 fully saturated rings. The first-order valence-corrected chi connectivity index (χ1v) is 12.1. The van der Waals surface area contributed by atoms with Crippen molar-refractivity contribution in [2.45, 2.75) is 40.7 Å². The fraction of sp³-hybridized carbons (Fsp3) is 0.423. The Labute approximate surface area is 206 Å². The molecule has 0 unspecified atom stereocenters. The quantitative estimate of drug-likeness (QED) is 0.422. The van der Waals surface area contributed by atoms with E-state index in [4.69, 9.17) is 17.3 Å². The van der Waals surface area contributed by atoms with Gasteiger partial charge in [0, 0.05) is 35.8 Å². The minimum absolute atomic E-state index is 0.00243. The highest BCUT2D eigenvalue weighted by Crippen LogP contribution is 2.24. The number of hydrogen-bond acceptors (Lipinski definition) is 4. The summed E-state index contributed by atoms with van der Waals surface area (Å²) in [4.78, 5) is 32.7. The third kappa shape index (κ3) is 6.36. The second kappa shape index (κ2) is 11.5. The molecule has 0 aliphatic heterocycles. The fourth-order valence-corrected chi connectivity index (χ4v) is 4.03. The normalized spacial score (nSPS) is 11.4. The Bertz CT molecular complexity index is 1130. The smallest absolute Gasteiger partial charge is 0.257 e. The number of aryl methyl sites for hydroxylation is 1. The fourth-order valence-electron chi connectivity index (χ4n) is 3.91. The van der Waals surface area contributed by atoms with Gasteiger partial charge in [0.05, 0.1) is 11.0 Å². The lowest BCUT2D eigenvalue weighted by Crippen LogP contribution is -2.37. The predicted octanol–water partition coefficient (Wildman–Crippen LogP) is 5.05. The van der Waals surface area contributed by atoms with E-state index in [1.54, 1.807) is 24.3 Å². The molecule has 0 bridgehead atoms. The zero-order valence-corrected chi connectivity index (χ0v) is 21.1. The van der Waals surface area contributed by atoms with Crippen molar-refractivity contribution in [3.8, 4) is 0 Å². The Balaban J connectivity index is 1.96. The van der Waals surface area contributed by atoms with Crippen LogP contribution in [0.4, 0.5) is 5.95 Å². The van der Waals surface area contributed by atoms with Crippen LogP contribution in [0.1, 0.15) is 54.8 Å². The zero-order chi connectivity index (χ0) is 24.8. The van der Waals surface area contributed by atoms with Crippen LogP contribution in [0.3, 0.4) is 0 Å². The molecule has 0 radical (unpaired) electrons. The van der Waals surface area contributed by atoms with Crippen molar-refractivity contribution in [1.29, 1.82) is 0 Å². The molecule has 0 saturated heterocycles. The maximum Gasteiger partial charge on any atom is 0.257 e. The second-order valence-electron chi connectivity index (χ2n) is 9.39. The molecule has 7 nitrogen and oxygen atoms in total. The van der Waals surface area contributed by atoms with Gasteiger partial charge in [-0.2, -0.15) is 0 Å². The Hall–Kier alpha value is -2.90. The number of benzene rings is 2. The lowest BCUT2D eigenvalue weighted by atomic mass is 10.1. The van der Waals surface area contributed by atoms with Crippen molar-refractivity contribution in [3.05, 3.63) is 58.6 Å². The summed E-state index contributed by atoms with van der Waals surface area (Å²) in [6, 6.07) is 12.2. The van der Waals surface area contributed by atoms with Gasteiger partial charge < -0.3 is 15.2 Å². The van der Waals surface area contributed by atoms with Crippen molar-refractivity contribution in [1.82, 2.24) is 14.5 Å². The second-order valence-corrected chi connectivity index (χ2v) is 9.83. The molecule has 2 amide bonds. The number of aromatic nitrogens is 2. The lowest BCUT2D eigenvalue weighted by Gasteiger charge is -2.26. The van der Waals surface area contributed by atoms with E-state index in [2.05, 4.69) is 38.0 Å². The maximum absolute atomic E-state index is 13.4. The van der Waals surface area contributed by atoms with Crippen LogP contribution >= 0.6 is 11.6 Å². The van der Waals surface area contributed by atoms with E-state index in [0.717, 1.165) is 5.52 Å². The molecular formula is C26H34ClN5O2. The number of amides is 2. The Morgan fingerprint density at radius 1 is 1.03 bits per heavy atom. The number of carbonyl (C=O) groups excluding carboxylic acids is 2. The molecule has 0 spiro atoms. The first-order valence-electron chi connectivity index (χ1n) is 11.8. The van der Waals surface area contributed by atoms with E-state index in [0.29, 0.717) is 72.1 Å². The highest BCUT2D eigenvalue weighted by atomic mass is 35.5. The molecule has 0 aliphatic carbocycles. The van der Waals surface area contributed by atoms with Gasteiger partial charge in [-0.25, -0.2) is 4.98 Å². The molecule has 3 rings (SSSR count). The van der Waals surface area contributed by atoms with Crippen molar-refractivity contribution >= 4 is 40.4 Å². The summed E-state index contributed by atoms with van der Waals surface area (Å²) < 4.78 is 1.92. The minimum atomic E-state index is -0.280. The van der Waals surface area contributed by atoms with Gasteiger partial charge in [-0.05, 0) is 67.3 Å². The molecule has 3 N–H and O–H groups in total.